The first kappa shape index (κ1) is 27.7. The molecule has 0 spiro atoms. The normalized spacial score (nSPS) is 19.1. The van der Waals surface area contributed by atoms with Crippen molar-refractivity contribution < 1.29 is 4.74 Å². The van der Waals surface area contributed by atoms with Crippen molar-refractivity contribution in [3.8, 4) is 16.9 Å². The quantitative estimate of drug-likeness (QED) is 0.217. The van der Waals surface area contributed by atoms with E-state index < -0.39 is 0 Å². The van der Waals surface area contributed by atoms with Crippen LogP contribution in [0, 0.1) is 0 Å². The molecule has 6 aromatic rings. The van der Waals surface area contributed by atoms with Crippen LogP contribution in [-0.4, -0.2) is 17.0 Å². The van der Waals surface area contributed by atoms with E-state index in [1.807, 2.05) is 6.07 Å². The lowest BCUT2D eigenvalue weighted by atomic mass is 9.80. The van der Waals surface area contributed by atoms with Gasteiger partial charge in [-0.1, -0.05) is 129 Å². The molecular formula is C43H35N3O. The zero-order valence-corrected chi connectivity index (χ0v) is 26.6. The SMILES string of the molecule is CC1(C)c2ccc3c(c2-c2ccc4c(c21)c1ccccc1n4C1=CC(c2ccccc2)N=C(c2ccccc2)N1)OC/C=C\C=C/C3. The first-order chi connectivity index (χ1) is 23.1. The van der Waals surface area contributed by atoms with Crippen LogP contribution in [0.15, 0.2) is 145 Å². The Morgan fingerprint density at radius 2 is 1.55 bits per heavy atom. The number of hydrogen-bond donors (Lipinski definition) is 1. The maximum absolute atomic E-state index is 6.54. The van der Waals surface area contributed by atoms with Gasteiger partial charge >= 0.3 is 0 Å². The van der Waals surface area contributed by atoms with E-state index in [2.05, 4.69) is 157 Å². The van der Waals surface area contributed by atoms with Crippen molar-refractivity contribution in [3.05, 3.63) is 167 Å². The zero-order chi connectivity index (χ0) is 31.5. The molecule has 47 heavy (non-hydrogen) atoms. The zero-order valence-electron chi connectivity index (χ0n) is 26.6. The second kappa shape index (κ2) is 10.7. The van der Waals surface area contributed by atoms with Crippen molar-refractivity contribution in [2.24, 2.45) is 4.99 Å². The van der Waals surface area contributed by atoms with Crippen LogP contribution in [0.3, 0.4) is 0 Å². The van der Waals surface area contributed by atoms with E-state index in [1.54, 1.807) is 0 Å². The Balaban J connectivity index is 1.29. The molecule has 0 amide bonds. The van der Waals surface area contributed by atoms with E-state index >= 15 is 0 Å². The Labute approximate surface area is 275 Å². The third-order valence-electron chi connectivity index (χ3n) is 9.95. The highest BCUT2D eigenvalue weighted by Gasteiger charge is 2.40. The van der Waals surface area contributed by atoms with E-state index in [9.17, 15) is 0 Å². The molecule has 0 radical (unpaired) electrons. The Morgan fingerprint density at radius 3 is 2.40 bits per heavy atom. The molecule has 2 aliphatic heterocycles. The molecule has 3 heterocycles. The molecule has 4 nitrogen and oxygen atoms in total. The number of aromatic nitrogens is 1. The van der Waals surface area contributed by atoms with Crippen molar-refractivity contribution >= 4 is 33.5 Å². The number of benzene rings is 5. The van der Waals surface area contributed by atoms with Gasteiger partial charge in [0.1, 0.15) is 24.0 Å². The van der Waals surface area contributed by atoms with Gasteiger partial charge in [0.2, 0.25) is 0 Å². The summed E-state index contributed by atoms with van der Waals surface area (Å²) in [5.74, 6) is 2.89. The number of amidine groups is 1. The van der Waals surface area contributed by atoms with Crippen molar-refractivity contribution in [1.29, 1.82) is 0 Å². The van der Waals surface area contributed by atoms with Crippen molar-refractivity contribution in [2.75, 3.05) is 6.61 Å². The summed E-state index contributed by atoms with van der Waals surface area (Å²) in [5.41, 5.74) is 10.8. The molecule has 5 aromatic carbocycles. The number of fused-ring (bicyclic) bond motifs is 9. The van der Waals surface area contributed by atoms with Crippen molar-refractivity contribution in [2.45, 2.75) is 31.7 Å². The molecule has 1 atom stereocenters. The molecule has 3 aliphatic rings. The Bertz CT molecular complexity index is 2320. The minimum Gasteiger partial charge on any atom is -0.489 e. The van der Waals surface area contributed by atoms with Gasteiger partial charge in [0, 0.05) is 27.3 Å². The molecule has 1 aromatic heterocycles. The fourth-order valence-corrected chi connectivity index (χ4v) is 7.81. The maximum Gasteiger partial charge on any atom is 0.134 e. The molecular weight excluding hydrogens is 574 g/mol. The number of hydrogen-bond acceptors (Lipinski definition) is 3. The second-order valence-electron chi connectivity index (χ2n) is 13.1. The second-order valence-corrected chi connectivity index (χ2v) is 13.1. The predicted octanol–water partition coefficient (Wildman–Crippen LogP) is 9.74. The van der Waals surface area contributed by atoms with Gasteiger partial charge in [-0.3, -0.25) is 9.56 Å². The third kappa shape index (κ3) is 4.32. The molecule has 0 saturated heterocycles. The van der Waals surface area contributed by atoms with Gasteiger partial charge in [0.05, 0.1) is 17.1 Å². The van der Waals surface area contributed by atoms with E-state index in [0.29, 0.717) is 6.61 Å². The molecule has 1 unspecified atom stereocenters. The number of aliphatic imine (C=N–C) groups is 1. The van der Waals surface area contributed by atoms with Crippen LogP contribution in [0.2, 0.25) is 0 Å². The van der Waals surface area contributed by atoms with Gasteiger partial charge < -0.3 is 10.1 Å². The first-order valence-corrected chi connectivity index (χ1v) is 16.4. The molecule has 0 fully saturated rings. The molecule has 0 saturated carbocycles. The summed E-state index contributed by atoms with van der Waals surface area (Å²) in [6.07, 6.45) is 11.6. The third-order valence-corrected chi connectivity index (χ3v) is 9.95. The van der Waals surface area contributed by atoms with Gasteiger partial charge in [0.15, 0.2) is 0 Å². The summed E-state index contributed by atoms with van der Waals surface area (Å²) in [4.78, 5) is 5.20. The molecule has 1 aliphatic carbocycles. The number of allylic oxidation sites excluding steroid dienone is 3. The van der Waals surface area contributed by atoms with Crippen LogP contribution in [0.25, 0.3) is 38.8 Å². The summed E-state index contributed by atoms with van der Waals surface area (Å²) in [6.45, 7) is 5.29. The van der Waals surface area contributed by atoms with Crippen LogP contribution < -0.4 is 10.1 Å². The minimum atomic E-state index is -0.223. The van der Waals surface area contributed by atoms with Crippen LogP contribution in [0.5, 0.6) is 5.75 Å². The lowest BCUT2D eigenvalue weighted by Gasteiger charge is -2.25. The van der Waals surface area contributed by atoms with Gasteiger partial charge in [0.25, 0.3) is 0 Å². The van der Waals surface area contributed by atoms with Crippen LogP contribution in [0.4, 0.5) is 0 Å². The average Bonchev–Trinajstić information content (AvgIpc) is 3.61. The predicted molar refractivity (Wildman–Crippen MR) is 194 cm³/mol. The first-order valence-electron chi connectivity index (χ1n) is 16.4. The van der Waals surface area contributed by atoms with Gasteiger partial charge in [-0.25, -0.2) is 0 Å². The standard InChI is InChI=1S/C43H35N3O/c1-43(2)33-24-22-29-17-7-3-4-14-26-47-41(29)38(33)32-23-25-36-39(40(32)43)31-20-12-13-21-35(31)46(36)37-27-34(28-15-8-5-9-16-28)44-42(45-37)30-18-10-6-11-19-30/h3-16,18-25,27,34H,17,26H2,1-2H3,(H,44,45)/b7-3-,14-4-. The van der Waals surface area contributed by atoms with Crippen molar-refractivity contribution in [1.82, 2.24) is 9.88 Å². The van der Waals surface area contributed by atoms with E-state index in [4.69, 9.17) is 9.73 Å². The summed E-state index contributed by atoms with van der Waals surface area (Å²) in [5, 5.41) is 6.30. The smallest absolute Gasteiger partial charge is 0.134 e. The molecule has 1 N–H and O–H groups in total. The Hall–Kier alpha value is -5.61. The van der Waals surface area contributed by atoms with Crippen LogP contribution in [-0.2, 0) is 11.8 Å². The highest BCUT2D eigenvalue weighted by Crippen LogP contribution is 2.56. The summed E-state index contributed by atoms with van der Waals surface area (Å²) >= 11 is 0. The summed E-state index contributed by atoms with van der Waals surface area (Å²) in [7, 11) is 0. The van der Waals surface area contributed by atoms with Crippen LogP contribution in [0.1, 0.15) is 47.7 Å². The molecule has 228 valence electrons. The fourth-order valence-electron chi connectivity index (χ4n) is 7.81. The number of para-hydroxylation sites is 1. The van der Waals surface area contributed by atoms with Gasteiger partial charge in [-0.05, 0) is 58.5 Å². The maximum atomic E-state index is 6.54. The van der Waals surface area contributed by atoms with E-state index in [0.717, 1.165) is 35.0 Å². The molecule has 0 bridgehead atoms. The minimum absolute atomic E-state index is 0.127. The van der Waals surface area contributed by atoms with Crippen molar-refractivity contribution in [3.63, 3.8) is 0 Å². The van der Waals surface area contributed by atoms with E-state index in [1.165, 1.54) is 49.6 Å². The highest BCUT2D eigenvalue weighted by atomic mass is 16.5. The topological polar surface area (TPSA) is 38.5 Å². The Morgan fingerprint density at radius 1 is 0.787 bits per heavy atom. The van der Waals surface area contributed by atoms with Crippen LogP contribution >= 0.6 is 0 Å². The van der Waals surface area contributed by atoms with Gasteiger partial charge in [-0.15, -0.1) is 0 Å². The summed E-state index contributed by atoms with van der Waals surface area (Å²) < 4.78 is 8.95. The number of ether oxygens (including phenoxy) is 1. The molecule has 4 heteroatoms. The number of rotatable bonds is 3. The Kier molecular flexibility index (Phi) is 6.32. The number of nitrogens with zero attached hydrogens (tertiary/aromatic N) is 2. The fraction of sp³-hybridized carbons (Fsp3) is 0.140. The summed E-state index contributed by atoms with van der Waals surface area (Å²) in [6, 6.07) is 38.9. The lowest BCUT2D eigenvalue weighted by Crippen LogP contribution is -2.30. The van der Waals surface area contributed by atoms with E-state index in [-0.39, 0.29) is 11.5 Å². The van der Waals surface area contributed by atoms with Gasteiger partial charge in [-0.2, -0.15) is 0 Å². The highest BCUT2D eigenvalue weighted by molar-refractivity contribution is 6.16. The largest absolute Gasteiger partial charge is 0.489 e. The molecule has 9 rings (SSSR count). The number of nitrogens with one attached hydrogen (secondary N) is 1. The lowest BCUT2D eigenvalue weighted by molar-refractivity contribution is 0.361. The average molecular weight is 610 g/mol. The monoisotopic (exact) mass is 609 g/mol.